The molecule has 6 heteroatoms. The molecule has 0 saturated heterocycles. The van der Waals surface area contributed by atoms with Gasteiger partial charge in [-0.1, -0.05) is 12.1 Å². The number of nitrogens with one attached hydrogen (secondary N) is 1. The molecule has 2 rings (SSSR count). The van der Waals surface area contributed by atoms with Gasteiger partial charge in [0.2, 0.25) is 0 Å². The summed E-state index contributed by atoms with van der Waals surface area (Å²) in [7, 11) is 0. The molecule has 1 heterocycles. The molecule has 0 unspecified atom stereocenters. The lowest BCUT2D eigenvalue weighted by Gasteiger charge is -2.07. The molecule has 0 aliphatic rings. The summed E-state index contributed by atoms with van der Waals surface area (Å²) >= 11 is 0. The van der Waals surface area contributed by atoms with Crippen LogP contribution in [-0.4, -0.2) is 27.6 Å². The van der Waals surface area contributed by atoms with E-state index >= 15 is 0 Å². The van der Waals surface area contributed by atoms with E-state index in [2.05, 4.69) is 15.3 Å². The first-order valence-corrected chi connectivity index (χ1v) is 6.11. The molecule has 0 atom stereocenters. The zero-order valence-electron chi connectivity index (χ0n) is 10.9. The standard InChI is InChI=1S/C14H14FN3O2/c1-9-12(15)13(18-8-17-9)16-6-5-10-3-2-4-11(7-10)14(19)20/h2-4,7-8H,5-6H2,1H3,(H,19,20)(H,16,17,18). The second-order valence-electron chi connectivity index (χ2n) is 4.30. The Kier molecular flexibility index (Phi) is 4.24. The van der Waals surface area contributed by atoms with E-state index < -0.39 is 11.8 Å². The Balaban J connectivity index is 1.98. The van der Waals surface area contributed by atoms with Gasteiger partial charge in [0.1, 0.15) is 6.33 Å². The third-order valence-corrected chi connectivity index (χ3v) is 2.84. The monoisotopic (exact) mass is 275 g/mol. The summed E-state index contributed by atoms with van der Waals surface area (Å²) in [5.74, 6) is -1.27. The van der Waals surface area contributed by atoms with Crippen LogP contribution >= 0.6 is 0 Å². The van der Waals surface area contributed by atoms with Crippen molar-refractivity contribution in [1.82, 2.24) is 9.97 Å². The van der Waals surface area contributed by atoms with Crippen LogP contribution in [0.25, 0.3) is 0 Å². The van der Waals surface area contributed by atoms with Crippen LogP contribution in [-0.2, 0) is 6.42 Å². The van der Waals surface area contributed by atoms with Crippen molar-refractivity contribution in [2.75, 3.05) is 11.9 Å². The summed E-state index contributed by atoms with van der Waals surface area (Å²) in [6, 6.07) is 6.65. The molecule has 0 amide bonds. The first-order valence-electron chi connectivity index (χ1n) is 6.11. The Labute approximate surface area is 115 Å². The van der Waals surface area contributed by atoms with Gasteiger partial charge < -0.3 is 10.4 Å². The summed E-state index contributed by atoms with van der Waals surface area (Å²) in [5, 5.41) is 11.8. The lowest BCUT2D eigenvalue weighted by atomic mass is 10.1. The number of aryl methyl sites for hydroxylation is 1. The van der Waals surface area contributed by atoms with E-state index in [0.29, 0.717) is 13.0 Å². The van der Waals surface area contributed by atoms with Gasteiger partial charge in [-0.3, -0.25) is 0 Å². The molecule has 0 fully saturated rings. The van der Waals surface area contributed by atoms with Crippen LogP contribution < -0.4 is 5.32 Å². The van der Waals surface area contributed by atoms with Crippen LogP contribution in [0.15, 0.2) is 30.6 Å². The number of carbonyl (C=O) groups is 1. The van der Waals surface area contributed by atoms with E-state index in [0.717, 1.165) is 5.56 Å². The lowest BCUT2D eigenvalue weighted by molar-refractivity contribution is 0.0696. The summed E-state index contributed by atoms with van der Waals surface area (Å²) in [6.07, 6.45) is 1.87. The van der Waals surface area contributed by atoms with E-state index in [-0.39, 0.29) is 17.1 Å². The van der Waals surface area contributed by atoms with Crippen molar-refractivity contribution in [3.63, 3.8) is 0 Å². The molecule has 1 aromatic heterocycles. The summed E-state index contributed by atoms with van der Waals surface area (Å²) in [4.78, 5) is 18.4. The Morgan fingerprint density at radius 3 is 2.95 bits per heavy atom. The third kappa shape index (κ3) is 3.28. The van der Waals surface area contributed by atoms with Crippen molar-refractivity contribution in [2.45, 2.75) is 13.3 Å². The number of rotatable bonds is 5. The quantitative estimate of drug-likeness (QED) is 0.875. The van der Waals surface area contributed by atoms with Crippen molar-refractivity contribution in [2.24, 2.45) is 0 Å². The minimum atomic E-state index is -0.961. The lowest BCUT2D eigenvalue weighted by Crippen LogP contribution is -2.09. The van der Waals surface area contributed by atoms with Gasteiger partial charge in [-0.2, -0.15) is 0 Å². The predicted molar refractivity (Wildman–Crippen MR) is 72.3 cm³/mol. The highest BCUT2D eigenvalue weighted by Gasteiger charge is 2.07. The highest BCUT2D eigenvalue weighted by atomic mass is 19.1. The maximum atomic E-state index is 13.6. The van der Waals surface area contributed by atoms with Gasteiger partial charge in [0.15, 0.2) is 11.6 Å². The predicted octanol–water partition coefficient (Wildman–Crippen LogP) is 2.28. The summed E-state index contributed by atoms with van der Waals surface area (Å²) in [5.41, 5.74) is 1.39. The van der Waals surface area contributed by atoms with Gasteiger partial charge in [-0.05, 0) is 31.0 Å². The van der Waals surface area contributed by atoms with E-state index in [1.165, 1.54) is 12.4 Å². The average Bonchev–Trinajstić information content (AvgIpc) is 2.44. The first-order chi connectivity index (χ1) is 9.58. The Morgan fingerprint density at radius 1 is 1.40 bits per heavy atom. The van der Waals surface area contributed by atoms with Crippen LogP contribution in [0.5, 0.6) is 0 Å². The largest absolute Gasteiger partial charge is 0.478 e. The van der Waals surface area contributed by atoms with Gasteiger partial charge in [0.25, 0.3) is 0 Å². The van der Waals surface area contributed by atoms with E-state index in [1.54, 1.807) is 19.1 Å². The Bertz CT molecular complexity index is 632. The molecule has 0 saturated carbocycles. The van der Waals surface area contributed by atoms with Gasteiger partial charge in [0, 0.05) is 6.54 Å². The SMILES string of the molecule is Cc1ncnc(NCCc2cccc(C(=O)O)c2)c1F. The fourth-order valence-corrected chi connectivity index (χ4v) is 1.77. The topological polar surface area (TPSA) is 75.1 Å². The number of nitrogens with zero attached hydrogens (tertiary/aromatic N) is 2. The Morgan fingerprint density at radius 2 is 2.20 bits per heavy atom. The number of halogens is 1. The van der Waals surface area contributed by atoms with Crippen LogP contribution in [0.3, 0.4) is 0 Å². The highest BCUT2D eigenvalue weighted by molar-refractivity contribution is 5.87. The number of hydrogen-bond donors (Lipinski definition) is 2. The Hall–Kier alpha value is -2.50. The van der Waals surface area contributed by atoms with Crippen molar-refractivity contribution < 1.29 is 14.3 Å². The molecule has 20 heavy (non-hydrogen) atoms. The number of aromatic carboxylic acids is 1. The molecule has 0 spiro atoms. The van der Waals surface area contributed by atoms with Crippen molar-refractivity contribution >= 4 is 11.8 Å². The van der Waals surface area contributed by atoms with Crippen LogP contribution in [0.1, 0.15) is 21.6 Å². The average molecular weight is 275 g/mol. The molecule has 5 nitrogen and oxygen atoms in total. The molecule has 1 aromatic carbocycles. The molecule has 104 valence electrons. The van der Waals surface area contributed by atoms with Crippen molar-refractivity contribution in [3.05, 3.63) is 53.2 Å². The van der Waals surface area contributed by atoms with Crippen LogP contribution in [0.4, 0.5) is 10.2 Å². The number of anilines is 1. The number of carboxylic acid groups (broad SMARTS) is 1. The smallest absolute Gasteiger partial charge is 0.335 e. The molecule has 0 aliphatic carbocycles. The van der Waals surface area contributed by atoms with Crippen molar-refractivity contribution in [1.29, 1.82) is 0 Å². The van der Waals surface area contributed by atoms with E-state index in [9.17, 15) is 9.18 Å². The van der Waals surface area contributed by atoms with Gasteiger partial charge in [-0.15, -0.1) is 0 Å². The van der Waals surface area contributed by atoms with Crippen molar-refractivity contribution in [3.8, 4) is 0 Å². The normalized spacial score (nSPS) is 10.3. The molecular formula is C14H14FN3O2. The fourth-order valence-electron chi connectivity index (χ4n) is 1.77. The second-order valence-corrected chi connectivity index (χ2v) is 4.30. The summed E-state index contributed by atoms with van der Waals surface area (Å²) < 4.78 is 13.6. The van der Waals surface area contributed by atoms with Crippen LogP contribution in [0, 0.1) is 12.7 Å². The highest BCUT2D eigenvalue weighted by Crippen LogP contribution is 2.12. The molecule has 2 aromatic rings. The van der Waals surface area contributed by atoms with Crippen LogP contribution in [0.2, 0.25) is 0 Å². The maximum absolute atomic E-state index is 13.6. The number of benzene rings is 1. The minimum Gasteiger partial charge on any atom is -0.478 e. The van der Waals surface area contributed by atoms with E-state index in [4.69, 9.17) is 5.11 Å². The number of carboxylic acids is 1. The summed E-state index contributed by atoms with van der Waals surface area (Å²) in [6.45, 7) is 2.02. The van der Waals surface area contributed by atoms with Gasteiger partial charge in [0.05, 0.1) is 11.3 Å². The second kappa shape index (κ2) is 6.10. The van der Waals surface area contributed by atoms with E-state index in [1.807, 2.05) is 6.07 Å². The van der Waals surface area contributed by atoms with Gasteiger partial charge >= 0.3 is 5.97 Å². The zero-order valence-corrected chi connectivity index (χ0v) is 10.9. The van der Waals surface area contributed by atoms with Gasteiger partial charge in [-0.25, -0.2) is 19.2 Å². The third-order valence-electron chi connectivity index (χ3n) is 2.84. The molecule has 0 aliphatic heterocycles. The molecule has 0 bridgehead atoms. The maximum Gasteiger partial charge on any atom is 0.335 e. The zero-order chi connectivity index (χ0) is 14.5. The molecule has 2 N–H and O–H groups in total. The first kappa shape index (κ1) is 13.9. The number of hydrogen-bond acceptors (Lipinski definition) is 4. The minimum absolute atomic E-state index is 0.159. The fraction of sp³-hybridized carbons (Fsp3) is 0.214. The molecule has 0 radical (unpaired) electrons. The molecular weight excluding hydrogens is 261 g/mol. The number of aromatic nitrogens is 2.